The molecule has 0 aliphatic rings. The van der Waals surface area contributed by atoms with E-state index >= 15 is 0 Å². The van der Waals surface area contributed by atoms with Crippen LogP contribution in [0.15, 0.2) is 164 Å². The van der Waals surface area contributed by atoms with E-state index < -0.39 is 0 Å². The third-order valence-corrected chi connectivity index (χ3v) is 13.7. The molecule has 0 saturated carbocycles. The molecule has 0 fully saturated rings. The molecule has 2 heterocycles. The molecular formula is C65H67N3O. The van der Waals surface area contributed by atoms with Crippen molar-refractivity contribution in [3.8, 4) is 78.6 Å². The van der Waals surface area contributed by atoms with Crippen LogP contribution in [-0.4, -0.2) is 19.6 Å². The summed E-state index contributed by atoms with van der Waals surface area (Å²) in [6.45, 7) is 29.0. The van der Waals surface area contributed by atoms with Gasteiger partial charge in [0, 0.05) is 28.5 Å². The zero-order valence-electron chi connectivity index (χ0n) is 42.9. The second-order valence-corrected chi connectivity index (χ2v) is 23.1. The van der Waals surface area contributed by atoms with Gasteiger partial charge in [0.1, 0.15) is 11.6 Å². The van der Waals surface area contributed by atoms with Crippen LogP contribution >= 0.6 is 0 Å². The summed E-state index contributed by atoms with van der Waals surface area (Å²) in [5.74, 6) is 0.953. The third-order valence-electron chi connectivity index (χ3n) is 13.7. The Kier molecular flexibility index (Phi) is 11.9. The van der Waals surface area contributed by atoms with Crippen molar-refractivity contribution in [3.05, 3.63) is 192 Å². The number of hydrogen-bond acceptors (Lipinski definition) is 3. The van der Waals surface area contributed by atoms with Crippen molar-refractivity contribution < 1.29 is 5.11 Å². The summed E-state index contributed by atoms with van der Waals surface area (Å²) >= 11 is 0. The van der Waals surface area contributed by atoms with Crippen molar-refractivity contribution in [2.45, 2.75) is 112 Å². The average molecular weight is 906 g/mol. The molecular weight excluding hydrogens is 839 g/mol. The van der Waals surface area contributed by atoms with Crippen LogP contribution in [0.1, 0.15) is 111 Å². The Morgan fingerprint density at radius 2 is 1.01 bits per heavy atom. The minimum absolute atomic E-state index is 0.0709. The van der Waals surface area contributed by atoms with Gasteiger partial charge in [0.2, 0.25) is 0 Å². The van der Waals surface area contributed by atoms with Gasteiger partial charge in [-0.3, -0.25) is 9.55 Å². The number of imidazole rings is 1. The van der Waals surface area contributed by atoms with E-state index in [4.69, 9.17) is 9.97 Å². The van der Waals surface area contributed by atoms with E-state index in [0.717, 1.165) is 72.5 Å². The number of benzene rings is 7. The number of aromatic hydroxyl groups is 1. The normalized spacial score (nSPS) is 12.5. The van der Waals surface area contributed by atoms with E-state index in [0.29, 0.717) is 11.4 Å². The number of para-hydroxylation sites is 1. The fourth-order valence-corrected chi connectivity index (χ4v) is 9.52. The first-order chi connectivity index (χ1) is 32.6. The van der Waals surface area contributed by atoms with Gasteiger partial charge in [0.05, 0.1) is 28.0 Å². The zero-order valence-corrected chi connectivity index (χ0v) is 42.9. The van der Waals surface area contributed by atoms with Gasteiger partial charge in [-0.15, -0.1) is 0 Å². The summed E-state index contributed by atoms with van der Waals surface area (Å²) in [5, 5.41) is 12.5. The van der Waals surface area contributed by atoms with Crippen LogP contribution in [0.3, 0.4) is 0 Å². The maximum atomic E-state index is 12.5. The summed E-state index contributed by atoms with van der Waals surface area (Å²) in [4.78, 5) is 10.6. The number of fused-ring (bicyclic) bond motifs is 1. The number of aryl methyl sites for hydroxylation is 1. The van der Waals surface area contributed by atoms with Gasteiger partial charge >= 0.3 is 0 Å². The van der Waals surface area contributed by atoms with Gasteiger partial charge in [-0.05, 0) is 127 Å². The Bertz CT molecular complexity index is 3360. The molecule has 0 unspecified atom stereocenters. The Hall–Kier alpha value is -7.04. The molecule has 4 nitrogen and oxygen atoms in total. The Labute approximate surface area is 410 Å². The Morgan fingerprint density at radius 1 is 0.420 bits per heavy atom. The van der Waals surface area contributed by atoms with Crippen molar-refractivity contribution in [2.75, 3.05) is 0 Å². The number of phenols is 1. The van der Waals surface area contributed by atoms with Crippen LogP contribution in [0.2, 0.25) is 0 Å². The first-order valence-electron chi connectivity index (χ1n) is 24.5. The molecule has 0 aliphatic heterocycles. The van der Waals surface area contributed by atoms with E-state index in [1.165, 1.54) is 27.8 Å². The molecule has 1 N–H and O–H groups in total. The van der Waals surface area contributed by atoms with E-state index in [2.05, 4.69) is 252 Å². The van der Waals surface area contributed by atoms with Crippen LogP contribution in [0.4, 0.5) is 0 Å². The molecule has 348 valence electrons. The van der Waals surface area contributed by atoms with Crippen LogP contribution in [0.5, 0.6) is 5.75 Å². The highest BCUT2D eigenvalue weighted by Crippen LogP contribution is 2.46. The van der Waals surface area contributed by atoms with Crippen LogP contribution in [-0.2, 0) is 21.7 Å². The largest absolute Gasteiger partial charge is 0.507 e. The molecule has 2 aromatic heterocycles. The molecule has 7 aromatic carbocycles. The summed E-state index contributed by atoms with van der Waals surface area (Å²) in [5.41, 5.74) is 19.9. The lowest BCUT2D eigenvalue weighted by Gasteiger charge is -2.28. The summed E-state index contributed by atoms with van der Waals surface area (Å²) < 4.78 is 2.28. The zero-order chi connectivity index (χ0) is 49.2. The minimum atomic E-state index is -0.321. The van der Waals surface area contributed by atoms with E-state index in [1.807, 2.05) is 6.20 Å². The topological polar surface area (TPSA) is 50.9 Å². The van der Waals surface area contributed by atoms with E-state index in [-0.39, 0.29) is 27.4 Å². The molecule has 0 radical (unpaired) electrons. The minimum Gasteiger partial charge on any atom is -0.507 e. The van der Waals surface area contributed by atoms with Gasteiger partial charge in [-0.25, -0.2) is 4.98 Å². The first kappa shape index (κ1) is 47.0. The van der Waals surface area contributed by atoms with Crippen LogP contribution in [0, 0.1) is 6.92 Å². The maximum Gasteiger partial charge on any atom is 0.149 e. The fraction of sp³-hybridized carbons (Fsp3) is 0.262. The number of aromatic nitrogens is 3. The number of phenolic OH excluding ortho intramolecular Hbond substituents is 1. The molecule has 0 amide bonds. The molecule has 0 spiro atoms. The third kappa shape index (κ3) is 9.30. The summed E-state index contributed by atoms with van der Waals surface area (Å²) in [6.07, 6.45) is 1.91. The van der Waals surface area contributed by atoms with Crippen molar-refractivity contribution >= 4 is 11.0 Å². The lowest BCUT2D eigenvalue weighted by Crippen LogP contribution is -2.17. The van der Waals surface area contributed by atoms with Gasteiger partial charge in [0.25, 0.3) is 0 Å². The number of hydrogen-bond donors (Lipinski definition) is 1. The van der Waals surface area contributed by atoms with Crippen LogP contribution in [0.25, 0.3) is 83.9 Å². The predicted octanol–water partition coefficient (Wildman–Crippen LogP) is 17.6. The number of nitrogens with zero attached hydrogens (tertiary/aromatic N) is 3. The highest BCUT2D eigenvalue weighted by atomic mass is 16.3. The predicted molar refractivity (Wildman–Crippen MR) is 293 cm³/mol. The molecule has 9 rings (SSSR count). The molecule has 0 saturated heterocycles. The Balaban J connectivity index is 1.20. The number of pyridine rings is 1. The fourth-order valence-electron chi connectivity index (χ4n) is 9.52. The van der Waals surface area contributed by atoms with Crippen molar-refractivity contribution in [1.82, 2.24) is 14.5 Å². The highest BCUT2D eigenvalue weighted by Gasteiger charge is 2.30. The van der Waals surface area contributed by atoms with Crippen molar-refractivity contribution in [2.24, 2.45) is 0 Å². The van der Waals surface area contributed by atoms with Crippen molar-refractivity contribution in [3.63, 3.8) is 0 Å². The van der Waals surface area contributed by atoms with E-state index in [1.54, 1.807) is 0 Å². The lowest BCUT2D eigenvalue weighted by molar-refractivity contribution is 0.446. The van der Waals surface area contributed by atoms with Crippen molar-refractivity contribution in [1.29, 1.82) is 0 Å². The standard InChI is InChI=1S/C65H67N3O/c1-41-35-48(62(2,3)4)29-31-51(41)44-27-25-42(26-28-44)45-33-34-66-56(37-45)47-22-17-21-46(36-47)52-23-18-24-58-59(52)67-61(54-39-50(64(8,9)10)40-55(60(54)69)65(11,12)13)68(58)57-32-30-49(63(5,6)7)38-53(57)43-19-15-14-16-20-43/h14-40,69H,1-13H3. The van der Waals surface area contributed by atoms with Gasteiger partial charge in [-0.1, -0.05) is 198 Å². The van der Waals surface area contributed by atoms with Gasteiger partial charge in [0.15, 0.2) is 0 Å². The van der Waals surface area contributed by atoms with Gasteiger partial charge < -0.3 is 5.11 Å². The quantitative estimate of drug-likeness (QED) is 0.173. The first-order valence-corrected chi connectivity index (χ1v) is 24.5. The SMILES string of the molecule is Cc1cc(C(C)(C)C)ccc1-c1ccc(-c2ccnc(-c3cccc(-c4cccc5c4nc(-c4cc(C(C)(C)C)cc(C(C)(C)C)c4O)n5-c4ccc(C(C)(C)C)cc4-c4ccccc4)c3)c2)cc1. The average Bonchev–Trinajstić information content (AvgIpc) is 3.70. The van der Waals surface area contributed by atoms with Crippen LogP contribution < -0.4 is 0 Å². The smallest absolute Gasteiger partial charge is 0.149 e. The summed E-state index contributed by atoms with van der Waals surface area (Å²) in [6, 6.07) is 56.9. The van der Waals surface area contributed by atoms with E-state index in [9.17, 15) is 5.11 Å². The highest BCUT2D eigenvalue weighted by molar-refractivity contribution is 5.97. The lowest BCUT2D eigenvalue weighted by atomic mass is 9.79. The second kappa shape index (κ2) is 17.5. The summed E-state index contributed by atoms with van der Waals surface area (Å²) in [7, 11) is 0. The number of rotatable bonds is 7. The molecule has 9 aromatic rings. The molecule has 69 heavy (non-hydrogen) atoms. The molecule has 4 heteroatoms. The molecule has 0 bridgehead atoms. The molecule has 0 aliphatic carbocycles. The maximum absolute atomic E-state index is 12.5. The second-order valence-electron chi connectivity index (χ2n) is 23.1. The monoisotopic (exact) mass is 906 g/mol. The van der Waals surface area contributed by atoms with Gasteiger partial charge in [-0.2, -0.15) is 0 Å². The Morgan fingerprint density at radius 3 is 1.68 bits per heavy atom. The molecule has 0 atom stereocenters.